The van der Waals surface area contributed by atoms with Crippen LogP contribution in [0.1, 0.15) is 37.7 Å². The van der Waals surface area contributed by atoms with Crippen molar-refractivity contribution < 1.29 is 18.3 Å². The quantitative estimate of drug-likeness (QED) is 0.321. The van der Waals surface area contributed by atoms with Crippen molar-refractivity contribution in [1.82, 2.24) is 19.6 Å². The molecule has 0 saturated heterocycles. The van der Waals surface area contributed by atoms with Crippen LogP contribution in [0.15, 0.2) is 48.9 Å². The number of nitrogens with one attached hydrogen (secondary N) is 1. The van der Waals surface area contributed by atoms with E-state index in [0.717, 1.165) is 42.6 Å². The molecule has 0 bridgehead atoms. The number of pyridine rings is 1. The average molecular weight is 509 g/mol. The van der Waals surface area contributed by atoms with Crippen molar-refractivity contribution in [3.05, 3.63) is 66.1 Å². The SMILES string of the molecule is COCCOc1cc(F)c(-c2ccc3cnc(Nc4cnccc4[C@@H]4C[C@H](C)C[C@H](N)C4)n3n2)c(F)c1. The van der Waals surface area contributed by atoms with E-state index in [2.05, 4.69) is 27.3 Å². The summed E-state index contributed by atoms with van der Waals surface area (Å²) in [6.07, 6.45) is 8.15. The van der Waals surface area contributed by atoms with Crippen molar-refractivity contribution in [2.75, 3.05) is 25.6 Å². The smallest absolute Gasteiger partial charge is 0.229 e. The molecule has 10 heteroatoms. The Balaban J connectivity index is 1.45. The fourth-order valence-electron chi connectivity index (χ4n) is 5.12. The summed E-state index contributed by atoms with van der Waals surface area (Å²) in [4.78, 5) is 8.75. The Bertz CT molecular complexity index is 1360. The van der Waals surface area contributed by atoms with Gasteiger partial charge in [0.1, 0.15) is 24.0 Å². The molecule has 37 heavy (non-hydrogen) atoms. The highest BCUT2D eigenvalue weighted by Gasteiger charge is 2.27. The van der Waals surface area contributed by atoms with E-state index in [1.165, 1.54) is 11.6 Å². The van der Waals surface area contributed by atoms with Crippen molar-refractivity contribution in [3.63, 3.8) is 0 Å². The highest BCUT2D eigenvalue weighted by atomic mass is 19.1. The van der Waals surface area contributed by atoms with E-state index in [9.17, 15) is 8.78 Å². The second kappa shape index (κ2) is 10.8. The summed E-state index contributed by atoms with van der Waals surface area (Å²) in [6.45, 7) is 2.72. The lowest BCUT2D eigenvalue weighted by Crippen LogP contribution is -2.31. The van der Waals surface area contributed by atoms with E-state index >= 15 is 0 Å². The number of ether oxygens (including phenoxy) is 2. The molecule has 1 aromatic carbocycles. The highest BCUT2D eigenvalue weighted by molar-refractivity contribution is 5.66. The predicted octanol–water partition coefficient (Wildman–Crippen LogP) is 5.07. The van der Waals surface area contributed by atoms with Gasteiger partial charge in [0.2, 0.25) is 5.95 Å². The minimum absolute atomic E-state index is 0.0859. The average Bonchev–Trinajstić information content (AvgIpc) is 3.25. The van der Waals surface area contributed by atoms with Gasteiger partial charge in [-0.3, -0.25) is 4.98 Å². The molecule has 1 saturated carbocycles. The molecular weight excluding hydrogens is 478 g/mol. The standard InChI is InChI=1S/C27H30F2N6O2/c1-16-9-17(11-18(30)10-16)21-5-6-31-15-25(21)33-27-32-14-19-3-4-24(34-35(19)27)26-22(28)12-20(13-23(26)29)37-8-7-36-2/h3-6,12-18H,7-11,30H2,1-2H3,(H,32,33)/t16-,17+,18-/m0/s1. The van der Waals surface area contributed by atoms with Crippen LogP contribution in [0.4, 0.5) is 20.4 Å². The van der Waals surface area contributed by atoms with Gasteiger partial charge in [-0.25, -0.2) is 13.8 Å². The van der Waals surface area contributed by atoms with Gasteiger partial charge in [0.05, 0.1) is 41.5 Å². The van der Waals surface area contributed by atoms with E-state index < -0.39 is 11.6 Å². The first-order valence-electron chi connectivity index (χ1n) is 12.4. The minimum atomic E-state index is -0.772. The molecule has 194 valence electrons. The molecule has 1 aliphatic rings. The Morgan fingerprint density at radius 2 is 1.89 bits per heavy atom. The summed E-state index contributed by atoms with van der Waals surface area (Å²) in [6, 6.07) is 7.73. The van der Waals surface area contributed by atoms with Gasteiger partial charge in [0.15, 0.2) is 0 Å². The minimum Gasteiger partial charge on any atom is -0.491 e. The number of aromatic nitrogens is 4. The molecule has 3 heterocycles. The van der Waals surface area contributed by atoms with Crippen LogP contribution >= 0.6 is 0 Å². The lowest BCUT2D eigenvalue weighted by molar-refractivity contribution is 0.146. The Hall–Kier alpha value is -3.63. The number of benzene rings is 1. The maximum atomic E-state index is 15.0. The molecule has 3 aromatic heterocycles. The predicted molar refractivity (Wildman–Crippen MR) is 137 cm³/mol. The molecule has 1 aliphatic carbocycles. The van der Waals surface area contributed by atoms with Gasteiger partial charge >= 0.3 is 0 Å². The molecule has 4 aromatic rings. The van der Waals surface area contributed by atoms with E-state index in [1.54, 1.807) is 30.7 Å². The van der Waals surface area contributed by atoms with E-state index in [-0.39, 0.29) is 29.7 Å². The van der Waals surface area contributed by atoms with Gasteiger partial charge in [-0.05, 0) is 54.9 Å². The van der Waals surface area contributed by atoms with Crippen molar-refractivity contribution in [1.29, 1.82) is 0 Å². The van der Waals surface area contributed by atoms with Crippen LogP contribution in [0, 0.1) is 17.6 Å². The molecule has 8 nitrogen and oxygen atoms in total. The third kappa shape index (κ3) is 5.40. The van der Waals surface area contributed by atoms with Gasteiger partial charge in [-0.15, -0.1) is 0 Å². The van der Waals surface area contributed by atoms with E-state index in [0.29, 0.717) is 29.9 Å². The van der Waals surface area contributed by atoms with Gasteiger partial charge in [-0.1, -0.05) is 6.92 Å². The first-order chi connectivity index (χ1) is 17.9. The van der Waals surface area contributed by atoms with Crippen LogP contribution in [-0.4, -0.2) is 45.9 Å². The Labute approximate surface area is 213 Å². The molecule has 0 unspecified atom stereocenters. The molecule has 0 amide bonds. The van der Waals surface area contributed by atoms with Crippen LogP contribution in [0.3, 0.4) is 0 Å². The third-order valence-corrected chi connectivity index (χ3v) is 6.73. The number of methoxy groups -OCH3 is 1. The Kier molecular flexibility index (Phi) is 7.29. The lowest BCUT2D eigenvalue weighted by atomic mass is 9.76. The van der Waals surface area contributed by atoms with Gasteiger partial charge in [-0.2, -0.15) is 9.61 Å². The number of anilines is 2. The van der Waals surface area contributed by atoms with Gasteiger partial charge in [0.25, 0.3) is 0 Å². The summed E-state index contributed by atoms with van der Waals surface area (Å²) in [5.74, 6) is -0.209. The van der Waals surface area contributed by atoms with Crippen LogP contribution in [0.5, 0.6) is 5.75 Å². The number of hydrogen-bond acceptors (Lipinski definition) is 7. The van der Waals surface area contributed by atoms with E-state index in [4.69, 9.17) is 15.2 Å². The molecule has 3 N–H and O–H groups in total. The van der Waals surface area contributed by atoms with E-state index in [1.807, 2.05) is 6.07 Å². The molecule has 0 spiro atoms. The Morgan fingerprint density at radius 1 is 1.08 bits per heavy atom. The molecule has 0 aliphatic heterocycles. The second-order valence-corrected chi connectivity index (χ2v) is 9.60. The maximum absolute atomic E-state index is 15.0. The monoisotopic (exact) mass is 508 g/mol. The van der Waals surface area contributed by atoms with Crippen LogP contribution in [0.2, 0.25) is 0 Å². The first kappa shape index (κ1) is 25.0. The topological polar surface area (TPSA) is 99.6 Å². The second-order valence-electron chi connectivity index (χ2n) is 9.60. The van der Waals surface area contributed by atoms with Crippen LogP contribution in [-0.2, 0) is 4.74 Å². The van der Waals surface area contributed by atoms with Crippen molar-refractivity contribution in [3.8, 4) is 17.0 Å². The lowest BCUT2D eigenvalue weighted by Gasteiger charge is -2.32. The molecule has 0 radical (unpaired) electrons. The van der Waals surface area contributed by atoms with Crippen molar-refractivity contribution in [2.24, 2.45) is 11.7 Å². The number of imidazole rings is 1. The maximum Gasteiger partial charge on any atom is 0.229 e. The normalized spacial score (nSPS) is 19.8. The first-order valence-corrected chi connectivity index (χ1v) is 12.4. The summed E-state index contributed by atoms with van der Waals surface area (Å²) in [5.41, 5.74) is 8.80. The zero-order chi connectivity index (χ0) is 25.9. The van der Waals surface area contributed by atoms with Gasteiger partial charge < -0.3 is 20.5 Å². The van der Waals surface area contributed by atoms with Crippen molar-refractivity contribution in [2.45, 2.75) is 38.1 Å². The fraction of sp³-hybridized carbons (Fsp3) is 0.370. The number of halogens is 2. The summed E-state index contributed by atoms with van der Waals surface area (Å²) < 4.78 is 41.7. The summed E-state index contributed by atoms with van der Waals surface area (Å²) in [7, 11) is 1.52. The largest absolute Gasteiger partial charge is 0.491 e. The molecular formula is C27H30F2N6O2. The summed E-state index contributed by atoms with van der Waals surface area (Å²) >= 11 is 0. The zero-order valence-corrected chi connectivity index (χ0v) is 20.8. The van der Waals surface area contributed by atoms with Crippen LogP contribution < -0.4 is 15.8 Å². The third-order valence-electron chi connectivity index (χ3n) is 6.73. The fourth-order valence-corrected chi connectivity index (χ4v) is 5.12. The number of fused-ring (bicyclic) bond motifs is 1. The number of rotatable bonds is 8. The summed E-state index contributed by atoms with van der Waals surface area (Å²) in [5, 5.41) is 7.84. The molecule has 3 atom stereocenters. The molecule has 5 rings (SSSR count). The van der Waals surface area contributed by atoms with Crippen molar-refractivity contribution >= 4 is 17.2 Å². The molecule has 1 fully saturated rings. The number of nitrogens with two attached hydrogens (primary N) is 1. The number of nitrogens with zero attached hydrogens (tertiary/aromatic N) is 4. The number of hydrogen-bond donors (Lipinski definition) is 2. The Morgan fingerprint density at radius 3 is 2.65 bits per heavy atom. The van der Waals surface area contributed by atoms with Crippen LogP contribution in [0.25, 0.3) is 16.8 Å². The highest BCUT2D eigenvalue weighted by Crippen LogP contribution is 2.39. The van der Waals surface area contributed by atoms with Gasteiger partial charge in [0, 0.05) is 31.5 Å². The zero-order valence-electron chi connectivity index (χ0n) is 20.8.